The Morgan fingerprint density at radius 3 is 2.61 bits per heavy atom. The molecule has 0 spiro atoms. The molecule has 4 heteroatoms. The van der Waals surface area contributed by atoms with Crippen molar-refractivity contribution in [3.63, 3.8) is 0 Å². The van der Waals surface area contributed by atoms with E-state index < -0.39 is 11.4 Å². The molecule has 0 amide bonds. The standard InChI is InChI=1S/C19H16N2O2/c1-21-17-10-6-9-16(11-17)19(14-20,13-18(22)23-2)12-15-7-4-3-5-8-15/h3-11H,12-13H2,2H3. The Morgan fingerprint density at radius 1 is 1.26 bits per heavy atom. The zero-order valence-corrected chi connectivity index (χ0v) is 12.8. The lowest BCUT2D eigenvalue weighted by Crippen LogP contribution is -2.31. The van der Waals surface area contributed by atoms with Crippen LogP contribution in [0.1, 0.15) is 17.5 Å². The van der Waals surface area contributed by atoms with Gasteiger partial charge in [0.05, 0.1) is 31.6 Å². The first kappa shape index (κ1) is 16.3. The van der Waals surface area contributed by atoms with Gasteiger partial charge in [-0.2, -0.15) is 5.26 Å². The highest BCUT2D eigenvalue weighted by molar-refractivity contribution is 5.72. The number of esters is 1. The summed E-state index contributed by atoms with van der Waals surface area (Å²) in [5, 5.41) is 9.86. The van der Waals surface area contributed by atoms with Crippen molar-refractivity contribution in [1.82, 2.24) is 0 Å². The van der Waals surface area contributed by atoms with Crippen molar-refractivity contribution < 1.29 is 9.53 Å². The number of hydrogen-bond donors (Lipinski definition) is 0. The minimum Gasteiger partial charge on any atom is -0.469 e. The number of carbonyl (C=O) groups excluding carboxylic acids is 1. The molecule has 0 saturated heterocycles. The summed E-state index contributed by atoms with van der Waals surface area (Å²) in [6, 6.07) is 18.7. The maximum Gasteiger partial charge on any atom is 0.307 e. The molecule has 2 aromatic rings. The first-order valence-corrected chi connectivity index (χ1v) is 7.13. The van der Waals surface area contributed by atoms with Gasteiger partial charge in [-0.1, -0.05) is 54.6 Å². The van der Waals surface area contributed by atoms with E-state index in [0.717, 1.165) is 5.56 Å². The van der Waals surface area contributed by atoms with Crippen molar-refractivity contribution >= 4 is 11.7 Å². The van der Waals surface area contributed by atoms with Crippen LogP contribution in [0.3, 0.4) is 0 Å². The average Bonchev–Trinajstić information content (AvgIpc) is 2.61. The van der Waals surface area contributed by atoms with Gasteiger partial charge in [0.2, 0.25) is 0 Å². The topological polar surface area (TPSA) is 54.5 Å². The SMILES string of the molecule is [C-]#[N+]c1cccc(C(C#N)(CC(=O)OC)Cc2ccccc2)c1. The number of nitrogens with zero attached hydrogens (tertiary/aromatic N) is 2. The maximum atomic E-state index is 11.9. The van der Waals surface area contributed by atoms with Gasteiger partial charge >= 0.3 is 5.97 Å². The number of methoxy groups -OCH3 is 1. The Balaban J connectivity index is 2.51. The molecular formula is C19H16N2O2. The summed E-state index contributed by atoms with van der Waals surface area (Å²) in [5.41, 5.74) is 0.990. The van der Waals surface area contributed by atoms with E-state index in [1.807, 2.05) is 30.3 Å². The van der Waals surface area contributed by atoms with Crippen LogP contribution in [0.2, 0.25) is 0 Å². The van der Waals surface area contributed by atoms with Crippen molar-refractivity contribution in [2.75, 3.05) is 7.11 Å². The highest BCUT2D eigenvalue weighted by Gasteiger charge is 2.36. The zero-order valence-electron chi connectivity index (χ0n) is 12.8. The Bertz CT molecular complexity index is 772. The van der Waals surface area contributed by atoms with Crippen LogP contribution in [0.5, 0.6) is 0 Å². The molecule has 23 heavy (non-hydrogen) atoms. The van der Waals surface area contributed by atoms with Crippen LogP contribution >= 0.6 is 0 Å². The normalized spacial score (nSPS) is 12.5. The van der Waals surface area contributed by atoms with Crippen LogP contribution in [0.25, 0.3) is 4.85 Å². The second kappa shape index (κ2) is 7.24. The summed E-state index contributed by atoms with van der Waals surface area (Å²) in [4.78, 5) is 15.3. The third-order valence-corrected chi connectivity index (χ3v) is 3.76. The third-order valence-electron chi connectivity index (χ3n) is 3.76. The van der Waals surface area contributed by atoms with Crippen LogP contribution in [0.15, 0.2) is 54.6 Å². The van der Waals surface area contributed by atoms with Gasteiger partial charge in [-0.3, -0.25) is 4.79 Å². The molecule has 0 N–H and O–H groups in total. The predicted molar refractivity (Wildman–Crippen MR) is 86.8 cm³/mol. The molecule has 2 rings (SSSR count). The van der Waals surface area contributed by atoms with E-state index in [-0.39, 0.29) is 6.42 Å². The fourth-order valence-electron chi connectivity index (χ4n) is 2.55. The second-order valence-corrected chi connectivity index (χ2v) is 5.27. The van der Waals surface area contributed by atoms with Crippen LogP contribution in [-0.2, 0) is 21.4 Å². The molecule has 0 radical (unpaired) electrons. The quantitative estimate of drug-likeness (QED) is 0.623. The van der Waals surface area contributed by atoms with Gasteiger partial charge in [-0.05, 0) is 17.5 Å². The van der Waals surface area contributed by atoms with E-state index >= 15 is 0 Å². The second-order valence-electron chi connectivity index (χ2n) is 5.27. The van der Waals surface area contributed by atoms with Gasteiger partial charge < -0.3 is 4.74 Å². The number of ether oxygens (including phenoxy) is 1. The van der Waals surface area contributed by atoms with Crippen LogP contribution < -0.4 is 0 Å². The molecule has 0 bridgehead atoms. The Morgan fingerprint density at radius 2 is 2.00 bits per heavy atom. The minimum absolute atomic E-state index is 0.0592. The summed E-state index contributed by atoms with van der Waals surface area (Å²) >= 11 is 0. The van der Waals surface area contributed by atoms with Gasteiger partial charge in [0.15, 0.2) is 5.69 Å². The van der Waals surface area contributed by atoms with Crippen LogP contribution in [0.4, 0.5) is 5.69 Å². The molecule has 114 valence electrons. The molecule has 0 aromatic heterocycles. The van der Waals surface area contributed by atoms with Crippen LogP contribution in [0, 0.1) is 17.9 Å². The fourth-order valence-corrected chi connectivity index (χ4v) is 2.55. The molecule has 1 unspecified atom stereocenters. The van der Waals surface area contributed by atoms with Gasteiger partial charge in [0.1, 0.15) is 0 Å². The van der Waals surface area contributed by atoms with Gasteiger partial charge in [0.25, 0.3) is 0 Å². The molecular weight excluding hydrogens is 288 g/mol. The molecule has 0 heterocycles. The first-order valence-electron chi connectivity index (χ1n) is 7.13. The highest BCUT2D eigenvalue weighted by atomic mass is 16.5. The van der Waals surface area contributed by atoms with Gasteiger partial charge in [-0.15, -0.1) is 0 Å². The Labute approximate surface area is 135 Å². The van der Waals surface area contributed by atoms with E-state index in [1.54, 1.807) is 24.3 Å². The Hall–Kier alpha value is -3.11. The lowest BCUT2D eigenvalue weighted by Gasteiger charge is -2.26. The summed E-state index contributed by atoms with van der Waals surface area (Å²) in [6.45, 7) is 7.15. The average molecular weight is 304 g/mol. The van der Waals surface area contributed by atoms with Crippen molar-refractivity contribution in [2.45, 2.75) is 18.3 Å². The summed E-state index contributed by atoms with van der Waals surface area (Å²) in [6.07, 6.45) is 0.317. The number of benzene rings is 2. The van der Waals surface area contributed by atoms with E-state index in [9.17, 15) is 10.1 Å². The molecule has 0 aliphatic heterocycles. The van der Waals surface area contributed by atoms with E-state index in [1.165, 1.54) is 7.11 Å². The van der Waals surface area contributed by atoms with Crippen molar-refractivity contribution in [2.24, 2.45) is 0 Å². The predicted octanol–water partition coefficient (Wildman–Crippen LogP) is 3.80. The fraction of sp³-hybridized carbons (Fsp3) is 0.211. The first-order chi connectivity index (χ1) is 11.1. The molecule has 1 atom stereocenters. The monoisotopic (exact) mass is 304 g/mol. The lowest BCUT2D eigenvalue weighted by molar-refractivity contribution is -0.141. The number of rotatable bonds is 5. The van der Waals surface area contributed by atoms with Gasteiger partial charge in [-0.25, -0.2) is 4.85 Å². The third kappa shape index (κ3) is 3.75. The van der Waals surface area contributed by atoms with Crippen LogP contribution in [-0.4, -0.2) is 13.1 Å². The number of hydrogen-bond acceptors (Lipinski definition) is 3. The molecule has 0 saturated carbocycles. The van der Waals surface area contributed by atoms with E-state index in [4.69, 9.17) is 11.3 Å². The van der Waals surface area contributed by atoms with Crippen molar-refractivity contribution in [3.8, 4) is 6.07 Å². The maximum absolute atomic E-state index is 11.9. The number of carbonyl (C=O) groups is 1. The molecule has 4 nitrogen and oxygen atoms in total. The summed E-state index contributed by atoms with van der Waals surface area (Å²) in [5.74, 6) is -0.448. The Kier molecular flexibility index (Phi) is 5.12. The molecule has 0 aliphatic carbocycles. The molecule has 0 fully saturated rings. The molecule has 2 aromatic carbocycles. The number of nitriles is 1. The summed E-state index contributed by atoms with van der Waals surface area (Å²) < 4.78 is 4.77. The van der Waals surface area contributed by atoms with E-state index in [2.05, 4.69) is 10.9 Å². The molecule has 0 aliphatic rings. The summed E-state index contributed by atoms with van der Waals surface area (Å²) in [7, 11) is 1.31. The highest BCUT2D eigenvalue weighted by Crippen LogP contribution is 2.34. The largest absolute Gasteiger partial charge is 0.469 e. The minimum atomic E-state index is -1.06. The van der Waals surface area contributed by atoms with Gasteiger partial charge in [0, 0.05) is 0 Å². The van der Waals surface area contributed by atoms with Crippen molar-refractivity contribution in [3.05, 3.63) is 77.1 Å². The lowest BCUT2D eigenvalue weighted by atomic mass is 9.74. The zero-order chi connectivity index (χ0) is 16.7. The van der Waals surface area contributed by atoms with E-state index in [0.29, 0.717) is 17.7 Å². The van der Waals surface area contributed by atoms with Crippen molar-refractivity contribution in [1.29, 1.82) is 5.26 Å². The smallest absolute Gasteiger partial charge is 0.307 e.